The van der Waals surface area contributed by atoms with Crippen LogP contribution in [0.3, 0.4) is 0 Å². The van der Waals surface area contributed by atoms with E-state index in [0.717, 1.165) is 5.56 Å². The molecular formula is C24H23ClFNO4S. The van der Waals surface area contributed by atoms with Gasteiger partial charge in [0.1, 0.15) is 16.5 Å². The minimum atomic E-state index is -4.12. The lowest BCUT2D eigenvalue weighted by Gasteiger charge is -2.27. The molecule has 32 heavy (non-hydrogen) atoms. The first-order chi connectivity index (χ1) is 15.1. The second kappa shape index (κ2) is 9.71. The number of nitrogens with zero attached hydrogens (tertiary/aromatic N) is 1. The Morgan fingerprint density at radius 1 is 1.03 bits per heavy atom. The fourth-order valence-corrected chi connectivity index (χ4v) is 4.95. The van der Waals surface area contributed by atoms with E-state index in [1.54, 1.807) is 37.3 Å². The molecule has 0 N–H and O–H groups in total. The molecule has 0 aliphatic heterocycles. The Hall–Kier alpha value is -2.90. The smallest absolute Gasteiger partial charge is 0.340 e. The van der Waals surface area contributed by atoms with E-state index in [0.29, 0.717) is 5.56 Å². The van der Waals surface area contributed by atoms with E-state index >= 15 is 0 Å². The molecule has 0 saturated heterocycles. The van der Waals surface area contributed by atoms with Crippen LogP contribution in [0.2, 0.25) is 5.02 Å². The summed E-state index contributed by atoms with van der Waals surface area (Å²) in [5.41, 5.74) is 1.22. The van der Waals surface area contributed by atoms with E-state index in [1.807, 2.05) is 13.8 Å². The van der Waals surface area contributed by atoms with Gasteiger partial charge in [-0.05, 0) is 62.2 Å². The van der Waals surface area contributed by atoms with E-state index < -0.39 is 21.8 Å². The van der Waals surface area contributed by atoms with Gasteiger partial charge in [0.25, 0.3) is 5.91 Å². The second-order valence-corrected chi connectivity index (χ2v) is 9.46. The third-order valence-corrected chi connectivity index (χ3v) is 6.77. The van der Waals surface area contributed by atoms with Crippen molar-refractivity contribution in [1.29, 1.82) is 0 Å². The zero-order chi connectivity index (χ0) is 23.5. The van der Waals surface area contributed by atoms with Crippen molar-refractivity contribution in [3.63, 3.8) is 0 Å². The molecule has 8 heteroatoms. The summed E-state index contributed by atoms with van der Waals surface area (Å²) in [6.07, 6.45) is 0. The average Bonchev–Trinajstić information content (AvgIpc) is 2.72. The zero-order valence-electron chi connectivity index (χ0n) is 17.9. The van der Waals surface area contributed by atoms with Crippen molar-refractivity contribution in [2.45, 2.75) is 38.3 Å². The predicted molar refractivity (Wildman–Crippen MR) is 122 cm³/mol. The highest BCUT2D eigenvalue weighted by molar-refractivity contribution is 7.87. The quantitative estimate of drug-likeness (QED) is 0.417. The van der Waals surface area contributed by atoms with Crippen LogP contribution >= 0.6 is 11.6 Å². The Bertz CT molecular complexity index is 1210. The number of amides is 1. The van der Waals surface area contributed by atoms with Crippen LogP contribution in [0.1, 0.15) is 35.3 Å². The molecule has 0 spiro atoms. The zero-order valence-corrected chi connectivity index (χ0v) is 19.5. The van der Waals surface area contributed by atoms with Crippen LogP contribution in [0.15, 0.2) is 71.6 Å². The van der Waals surface area contributed by atoms with Crippen LogP contribution in [0.25, 0.3) is 0 Å². The summed E-state index contributed by atoms with van der Waals surface area (Å²) in [4.78, 5) is 14.3. The van der Waals surface area contributed by atoms with Gasteiger partial charge >= 0.3 is 10.1 Å². The Morgan fingerprint density at radius 3 is 2.28 bits per heavy atom. The SMILES string of the molecule is Cc1cccc(Cl)c1S(=O)(=O)Oc1ccc(CN(C(=O)c2ccccc2F)C(C)C)cc1. The largest absolute Gasteiger partial charge is 0.379 e. The molecule has 0 fully saturated rings. The molecule has 0 heterocycles. The number of halogens is 2. The van der Waals surface area contributed by atoms with Crippen molar-refractivity contribution in [2.24, 2.45) is 0 Å². The fraction of sp³-hybridized carbons (Fsp3) is 0.208. The summed E-state index contributed by atoms with van der Waals surface area (Å²) in [5, 5.41) is 0.0841. The van der Waals surface area contributed by atoms with Gasteiger partial charge < -0.3 is 9.08 Å². The number of benzene rings is 3. The van der Waals surface area contributed by atoms with Gasteiger partial charge in [-0.25, -0.2) is 4.39 Å². The lowest BCUT2D eigenvalue weighted by Crippen LogP contribution is -2.36. The standard InChI is InChI=1S/C24H23ClFNO4S/c1-16(2)27(24(28)20-8-4-5-10-22(20)26)15-18-11-13-19(14-12-18)31-32(29,30)23-17(3)7-6-9-21(23)25/h4-14,16H,15H2,1-3H3. The molecule has 0 aliphatic rings. The van der Waals surface area contributed by atoms with Crippen LogP contribution in [0, 0.1) is 12.7 Å². The monoisotopic (exact) mass is 475 g/mol. The number of rotatable bonds is 7. The topological polar surface area (TPSA) is 63.7 Å². The number of hydrogen-bond acceptors (Lipinski definition) is 4. The van der Waals surface area contributed by atoms with Gasteiger partial charge in [0.15, 0.2) is 0 Å². The number of carbonyl (C=O) groups excluding carboxylic acids is 1. The van der Waals surface area contributed by atoms with E-state index in [2.05, 4.69) is 0 Å². The molecule has 5 nitrogen and oxygen atoms in total. The Labute approximate surface area is 192 Å². The lowest BCUT2D eigenvalue weighted by molar-refractivity contribution is 0.0685. The second-order valence-electron chi connectivity index (χ2n) is 7.57. The van der Waals surface area contributed by atoms with Gasteiger partial charge in [-0.3, -0.25) is 4.79 Å². The van der Waals surface area contributed by atoms with Crippen molar-refractivity contribution >= 4 is 27.6 Å². The molecule has 0 bridgehead atoms. The molecule has 0 aliphatic carbocycles. The molecule has 0 aromatic heterocycles. The van der Waals surface area contributed by atoms with Crippen molar-refractivity contribution in [3.05, 3.63) is 94.3 Å². The van der Waals surface area contributed by atoms with Gasteiger partial charge in [0.05, 0.1) is 10.6 Å². The third kappa shape index (κ3) is 5.29. The summed E-state index contributed by atoms with van der Waals surface area (Å²) in [6, 6.07) is 16.8. The van der Waals surface area contributed by atoms with E-state index in [4.69, 9.17) is 15.8 Å². The number of hydrogen-bond donors (Lipinski definition) is 0. The number of aryl methyl sites for hydroxylation is 1. The molecule has 3 aromatic rings. The first kappa shape index (κ1) is 23.8. The van der Waals surface area contributed by atoms with Crippen molar-refractivity contribution in [3.8, 4) is 5.75 Å². The highest BCUT2D eigenvalue weighted by Crippen LogP contribution is 2.28. The fourth-order valence-electron chi connectivity index (χ4n) is 3.23. The van der Waals surface area contributed by atoms with Crippen LogP contribution in [0.5, 0.6) is 5.75 Å². The molecule has 0 atom stereocenters. The van der Waals surface area contributed by atoms with Crippen LogP contribution in [-0.2, 0) is 16.7 Å². The summed E-state index contributed by atoms with van der Waals surface area (Å²) in [6.45, 7) is 5.54. The van der Waals surface area contributed by atoms with Crippen molar-refractivity contribution in [2.75, 3.05) is 0 Å². The molecule has 3 rings (SSSR count). The Balaban J connectivity index is 1.79. The normalized spacial score (nSPS) is 11.4. The molecule has 0 radical (unpaired) electrons. The summed E-state index contributed by atoms with van der Waals surface area (Å²) >= 11 is 6.06. The van der Waals surface area contributed by atoms with Crippen LogP contribution in [0.4, 0.5) is 4.39 Å². The van der Waals surface area contributed by atoms with E-state index in [-0.39, 0.29) is 33.8 Å². The molecular weight excluding hydrogens is 453 g/mol. The van der Waals surface area contributed by atoms with Crippen LogP contribution in [-0.4, -0.2) is 25.3 Å². The maximum Gasteiger partial charge on any atom is 0.340 e. The van der Waals surface area contributed by atoms with E-state index in [1.165, 1.54) is 41.3 Å². The van der Waals surface area contributed by atoms with Gasteiger partial charge in [0, 0.05) is 12.6 Å². The molecule has 0 unspecified atom stereocenters. The minimum Gasteiger partial charge on any atom is -0.379 e. The summed E-state index contributed by atoms with van der Waals surface area (Å²) in [5.74, 6) is -0.883. The minimum absolute atomic E-state index is 0.00218. The summed E-state index contributed by atoms with van der Waals surface area (Å²) < 4.78 is 44.7. The van der Waals surface area contributed by atoms with Crippen LogP contribution < -0.4 is 4.18 Å². The third-order valence-electron chi connectivity index (χ3n) is 4.88. The first-order valence-corrected chi connectivity index (χ1v) is 11.7. The van der Waals surface area contributed by atoms with E-state index in [9.17, 15) is 17.6 Å². The lowest BCUT2D eigenvalue weighted by atomic mass is 10.1. The number of carbonyl (C=O) groups is 1. The summed E-state index contributed by atoms with van der Waals surface area (Å²) in [7, 11) is -4.12. The van der Waals surface area contributed by atoms with Gasteiger partial charge in [-0.1, -0.05) is 48.0 Å². The average molecular weight is 476 g/mol. The molecule has 1 amide bonds. The first-order valence-electron chi connectivity index (χ1n) is 9.94. The molecule has 3 aromatic carbocycles. The molecule has 0 saturated carbocycles. The molecule has 168 valence electrons. The Kier molecular flexibility index (Phi) is 7.21. The van der Waals surface area contributed by atoms with Gasteiger partial charge in [0.2, 0.25) is 0 Å². The maximum absolute atomic E-state index is 14.1. The van der Waals surface area contributed by atoms with Gasteiger partial charge in [-0.2, -0.15) is 8.42 Å². The highest BCUT2D eigenvalue weighted by atomic mass is 35.5. The van der Waals surface area contributed by atoms with Gasteiger partial charge in [-0.15, -0.1) is 0 Å². The van der Waals surface area contributed by atoms with Crippen molar-refractivity contribution < 1.29 is 21.8 Å². The highest BCUT2D eigenvalue weighted by Gasteiger charge is 2.24. The van der Waals surface area contributed by atoms with Crippen molar-refractivity contribution in [1.82, 2.24) is 4.90 Å². The Morgan fingerprint density at radius 2 is 1.69 bits per heavy atom. The predicted octanol–water partition coefficient (Wildman–Crippen LogP) is 5.61. The maximum atomic E-state index is 14.1.